The Hall–Kier alpha value is -2.20. The zero-order valence-electron chi connectivity index (χ0n) is 9.93. The summed E-state index contributed by atoms with van der Waals surface area (Å²) < 4.78 is 0. The number of hydrogen-bond donors (Lipinski definition) is 3. The van der Waals surface area contributed by atoms with Crippen molar-refractivity contribution >= 4 is 23.2 Å². The maximum absolute atomic E-state index is 11.8. The molecule has 2 aromatic rings. The number of hydrogen-bond acceptors (Lipinski definition) is 3. The molecule has 98 valence electrons. The lowest BCUT2D eigenvalue weighted by atomic mass is 10.1. The number of phenolic OH excluding ortho intramolecular Hbond substituents is 2. The summed E-state index contributed by atoms with van der Waals surface area (Å²) in [6.07, 6.45) is 0.178. The van der Waals surface area contributed by atoms with Gasteiger partial charge in [0.1, 0.15) is 11.5 Å². The summed E-state index contributed by atoms with van der Waals surface area (Å²) in [5, 5.41) is 21.3. The SMILES string of the molecule is O=C(Cc1ccc(O)cc1)Nc1ccc(O)cc1Cl. The fraction of sp³-hybridized carbons (Fsp3) is 0.0714. The first-order valence-corrected chi connectivity index (χ1v) is 5.98. The summed E-state index contributed by atoms with van der Waals surface area (Å²) in [5.41, 5.74) is 1.23. The fourth-order valence-corrected chi connectivity index (χ4v) is 1.82. The molecule has 0 bridgehead atoms. The molecule has 0 aliphatic rings. The molecule has 19 heavy (non-hydrogen) atoms. The zero-order valence-corrected chi connectivity index (χ0v) is 10.7. The largest absolute Gasteiger partial charge is 0.508 e. The molecule has 0 aromatic heterocycles. The van der Waals surface area contributed by atoms with Crippen LogP contribution in [0.2, 0.25) is 5.02 Å². The molecule has 0 fully saturated rings. The highest BCUT2D eigenvalue weighted by Crippen LogP contribution is 2.26. The number of halogens is 1. The molecule has 0 saturated heterocycles. The van der Waals surface area contributed by atoms with E-state index in [2.05, 4.69) is 5.32 Å². The highest BCUT2D eigenvalue weighted by atomic mass is 35.5. The minimum Gasteiger partial charge on any atom is -0.508 e. The topological polar surface area (TPSA) is 69.6 Å². The van der Waals surface area contributed by atoms with E-state index in [-0.39, 0.29) is 28.8 Å². The molecule has 0 radical (unpaired) electrons. The third kappa shape index (κ3) is 3.63. The van der Waals surface area contributed by atoms with Crippen molar-refractivity contribution in [2.45, 2.75) is 6.42 Å². The summed E-state index contributed by atoms with van der Waals surface area (Å²) in [6, 6.07) is 10.7. The Labute approximate surface area is 115 Å². The summed E-state index contributed by atoms with van der Waals surface area (Å²) in [5.74, 6) is -0.0226. The Morgan fingerprint density at radius 1 is 1.05 bits per heavy atom. The Kier molecular flexibility index (Phi) is 3.92. The molecule has 2 aromatic carbocycles. The van der Waals surface area contributed by atoms with Crippen LogP contribution in [-0.4, -0.2) is 16.1 Å². The van der Waals surface area contributed by atoms with Gasteiger partial charge >= 0.3 is 0 Å². The molecule has 0 unspecified atom stereocenters. The normalized spacial score (nSPS) is 10.2. The molecule has 1 amide bonds. The van der Waals surface area contributed by atoms with E-state index in [0.717, 1.165) is 5.56 Å². The van der Waals surface area contributed by atoms with Crippen molar-refractivity contribution in [2.24, 2.45) is 0 Å². The van der Waals surface area contributed by atoms with Gasteiger partial charge in [0.25, 0.3) is 0 Å². The second-order valence-electron chi connectivity index (χ2n) is 4.06. The van der Waals surface area contributed by atoms with Crippen molar-refractivity contribution in [1.29, 1.82) is 0 Å². The first kappa shape index (κ1) is 13.2. The zero-order chi connectivity index (χ0) is 13.8. The number of anilines is 1. The van der Waals surface area contributed by atoms with E-state index in [1.165, 1.54) is 30.3 Å². The monoisotopic (exact) mass is 277 g/mol. The predicted octanol–water partition coefficient (Wildman–Crippen LogP) is 2.93. The van der Waals surface area contributed by atoms with E-state index in [9.17, 15) is 9.90 Å². The Morgan fingerprint density at radius 3 is 2.32 bits per heavy atom. The first-order chi connectivity index (χ1) is 9.04. The van der Waals surface area contributed by atoms with Gasteiger partial charge in [-0.2, -0.15) is 0 Å². The number of aromatic hydroxyl groups is 2. The molecule has 5 heteroatoms. The van der Waals surface area contributed by atoms with E-state index in [4.69, 9.17) is 16.7 Å². The molecule has 0 heterocycles. The van der Waals surface area contributed by atoms with Gasteiger partial charge < -0.3 is 15.5 Å². The van der Waals surface area contributed by atoms with Gasteiger partial charge in [0.15, 0.2) is 0 Å². The second kappa shape index (κ2) is 5.63. The summed E-state index contributed by atoms with van der Waals surface area (Å²) in [7, 11) is 0. The molecule has 2 rings (SSSR count). The highest BCUT2D eigenvalue weighted by Gasteiger charge is 2.07. The van der Waals surface area contributed by atoms with Crippen molar-refractivity contribution in [3.8, 4) is 11.5 Å². The average molecular weight is 278 g/mol. The quantitative estimate of drug-likeness (QED) is 0.756. The van der Waals surface area contributed by atoms with Gasteiger partial charge in [-0.05, 0) is 29.8 Å². The number of amides is 1. The predicted molar refractivity (Wildman–Crippen MR) is 73.6 cm³/mol. The van der Waals surface area contributed by atoms with Crippen LogP contribution in [0.15, 0.2) is 42.5 Å². The number of rotatable bonds is 3. The molecular formula is C14H12ClNO3. The number of phenols is 2. The smallest absolute Gasteiger partial charge is 0.228 e. The minimum atomic E-state index is -0.224. The van der Waals surface area contributed by atoms with E-state index in [1.54, 1.807) is 12.1 Å². The van der Waals surface area contributed by atoms with Crippen LogP contribution in [0.25, 0.3) is 0 Å². The van der Waals surface area contributed by atoms with Gasteiger partial charge in [0, 0.05) is 6.07 Å². The number of nitrogens with one attached hydrogen (secondary N) is 1. The number of benzene rings is 2. The maximum atomic E-state index is 11.8. The molecule has 4 nitrogen and oxygen atoms in total. The molecule has 0 saturated carbocycles. The van der Waals surface area contributed by atoms with E-state index in [1.807, 2.05) is 0 Å². The van der Waals surface area contributed by atoms with Crippen molar-refractivity contribution in [3.63, 3.8) is 0 Å². The lowest BCUT2D eigenvalue weighted by Gasteiger charge is -2.07. The molecule has 0 spiro atoms. The summed E-state index contributed by atoms with van der Waals surface area (Å²) in [6.45, 7) is 0. The molecular weight excluding hydrogens is 266 g/mol. The van der Waals surface area contributed by atoms with Crippen LogP contribution in [0.1, 0.15) is 5.56 Å². The Morgan fingerprint density at radius 2 is 1.68 bits per heavy atom. The summed E-state index contributed by atoms with van der Waals surface area (Å²) in [4.78, 5) is 11.8. The van der Waals surface area contributed by atoms with Crippen molar-refractivity contribution in [2.75, 3.05) is 5.32 Å². The summed E-state index contributed by atoms with van der Waals surface area (Å²) >= 11 is 5.89. The van der Waals surface area contributed by atoms with E-state index >= 15 is 0 Å². The third-order valence-corrected chi connectivity index (χ3v) is 2.84. The van der Waals surface area contributed by atoms with Crippen LogP contribution >= 0.6 is 11.6 Å². The Bertz CT molecular complexity index is 596. The van der Waals surface area contributed by atoms with Crippen LogP contribution in [0.5, 0.6) is 11.5 Å². The molecule has 0 atom stereocenters. The molecule has 0 aliphatic heterocycles. The number of carbonyl (C=O) groups excluding carboxylic acids is 1. The standard InChI is InChI=1S/C14H12ClNO3/c15-12-8-11(18)5-6-13(12)16-14(19)7-9-1-3-10(17)4-2-9/h1-6,8,17-18H,7H2,(H,16,19). The maximum Gasteiger partial charge on any atom is 0.228 e. The lowest BCUT2D eigenvalue weighted by Crippen LogP contribution is -2.14. The van der Waals surface area contributed by atoms with Crippen molar-refractivity contribution in [1.82, 2.24) is 0 Å². The van der Waals surface area contributed by atoms with Crippen molar-refractivity contribution < 1.29 is 15.0 Å². The Balaban J connectivity index is 2.03. The first-order valence-electron chi connectivity index (χ1n) is 5.61. The fourth-order valence-electron chi connectivity index (χ4n) is 1.60. The van der Waals surface area contributed by atoms with Gasteiger partial charge in [0.05, 0.1) is 17.1 Å². The van der Waals surface area contributed by atoms with Crippen LogP contribution in [-0.2, 0) is 11.2 Å². The van der Waals surface area contributed by atoms with Gasteiger partial charge in [0.2, 0.25) is 5.91 Å². The lowest BCUT2D eigenvalue weighted by molar-refractivity contribution is -0.115. The van der Waals surface area contributed by atoms with Crippen LogP contribution in [0.4, 0.5) is 5.69 Å². The van der Waals surface area contributed by atoms with E-state index in [0.29, 0.717) is 5.69 Å². The van der Waals surface area contributed by atoms with Gasteiger partial charge in [-0.1, -0.05) is 23.7 Å². The van der Waals surface area contributed by atoms with E-state index < -0.39 is 0 Å². The molecule has 3 N–H and O–H groups in total. The highest BCUT2D eigenvalue weighted by molar-refractivity contribution is 6.33. The molecule has 0 aliphatic carbocycles. The van der Waals surface area contributed by atoms with Crippen molar-refractivity contribution in [3.05, 3.63) is 53.1 Å². The van der Waals surface area contributed by atoms with Crippen LogP contribution in [0, 0.1) is 0 Å². The third-order valence-electron chi connectivity index (χ3n) is 2.53. The van der Waals surface area contributed by atoms with Crippen LogP contribution < -0.4 is 5.32 Å². The second-order valence-corrected chi connectivity index (χ2v) is 4.46. The van der Waals surface area contributed by atoms with Crippen LogP contribution in [0.3, 0.4) is 0 Å². The number of carbonyl (C=O) groups is 1. The van der Waals surface area contributed by atoms with Gasteiger partial charge in [-0.15, -0.1) is 0 Å². The van der Waals surface area contributed by atoms with Gasteiger partial charge in [-0.3, -0.25) is 4.79 Å². The average Bonchev–Trinajstić information content (AvgIpc) is 2.36. The minimum absolute atomic E-state index is 0.0431. The van der Waals surface area contributed by atoms with Gasteiger partial charge in [-0.25, -0.2) is 0 Å².